The predicted octanol–water partition coefficient (Wildman–Crippen LogP) is 4.10. The summed E-state index contributed by atoms with van der Waals surface area (Å²) < 4.78 is 13.6. The van der Waals surface area contributed by atoms with Crippen LogP contribution in [0.15, 0.2) is 24.3 Å². The fourth-order valence-electron chi connectivity index (χ4n) is 2.66. The van der Waals surface area contributed by atoms with Crippen LogP contribution < -0.4 is 5.32 Å². The molecule has 0 bridgehead atoms. The van der Waals surface area contributed by atoms with Crippen molar-refractivity contribution in [3.63, 3.8) is 0 Å². The van der Waals surface area contributed by atoms with E-state index >= 15 is 0 Å². The third-order valence-electron chi connectivity index (χ3n) is 3.87. The summed E-state index contributed by atoms with van der Waals surface area (Å²) >= 11 is 0. The molecule has 1 aliphatic rings. The van der Waals surface area contributed by atoms with Crippen molar-refractivity contribution in [1.29, 1.82) is 0 Å². The molecule has 0 heterocycles. The van der Waals surface area contributed by atoms with Crippen LogP contribution in [-0.4, -0.2) is 12.6 Å². The van der Waals surface area contributed by atoms with Gasteiger partial charge in [0, 0.05) is 6.04 Å². The maximum atomic E-state index is 13.6. The molecule has 0 aliphatic heterocycles. The fourth-order valence-corrected chi connectivity index (χ4v) is 2.66. The lowest BCUT2D eigenvalue weighted by Crippen LogP contribution is -2.40. The maximum absolute atomic E-state index is 13.6. The summed E-state index contributed by atoms with van der Waals surface area (Å²) in [6.07, 6.45) is 4.71. The van der Waals surface area contributed by atoms with Crippen LogP contribution in [-0.2, 0) is 0 Å². The van der Waals surface area contributed by atoms with Gasteiger partial charge in [-0.3, -0.25) is 0 Å². The summed E-state index contributed by atoms with van der Waals surface area (Å²) in [7, 11) is 0. The lowest BCUT2D eigenvalue weighted by Gasteiger charge is -2.36. The van der Waals surface area contributed by atoms with Gasteiger partial charge in [0.15, 0.2) is 0 Å². The first-order chi connectivity index (χ1) is 8.66. The van der Waals surface area contributed by atoms with Crippen molar-refractivity contribution in [2.75, 3.05) is 6.54 Å². The largest absolute Gasteiger partial charge is 0.314 e. The Balaban J connectivity index is 1.67. The molecule has 0 saturated heterocycles. The van der Waals surface area contributed by atoms with Crippen LogP contribution in [0.3, 0.4) is 0 Å². The van der Waals surface area contributed by atoms with Gasteiger partial charge in [0.1, 0.15) is 5.82 Å². The van der Waals surface area contributed by atoms with Crippen molar-refractivity contribution >= 4 is 0 Å². The van der Waals surface area contributed by atoms with Gasteiger partial charge in [-0.1, -0.05) is 32.0 Å². The van der Waals surface area contributed by atoms with Crippen LogP contribution in [0.5, 0.6) is 0 Å². The number of rotatable bonds is 6. The average Bonchev–Trinajstić information content (AvgIpc) is 2.28. The minimum atomic E-state index is -0.0410. The Kier molecular flexibility index (Phi) is 4.76. The molecular formula is C16H24FN. The minimum absolute atomic E-state index is 0.0410. The first-order valence-electron chi connectivity index (χ1n) is 7.14. The molecule has 1 saturated carbocycles. The quantitative estimate of drug-likeness (QED) is 0.748. The van der Waals surface area contributed by atoms with E-state index in [1.807, 2.05) is 12.1 Å². The van der Waals surface area contributed by atoms with Crippen LogP contribution in [0, 0.1) is 11.7 Å². The van der Waals surface area contributed by atoms with Gasteiger partial charge in [-0.15, -0.1) is 0 Å². The first-order valence-corrected chi connectivity index (χ1v) is 7.14. The third kappa shape index (κ3) is 3.55. The molecule has 2 heteroatoms. The van der Waals surface area contributed by atoms with Crippen LogP contribution in [0.1, 0.15) is 51.0 Å². The van der Waals surface area contributed by atoms with E-state index in [0.717, 1.165) is 30.9 Å². The number of hydrogen-bond acceptors (Lipinski definition) is 1. The van der Waals surface area contributed by atoms with E-state index in [1.165, 1.54) is 12.8 Å². The van der Waals surface area contributed by atoms with E-state index < -0.39 is 0 Å². The zero-order valence-corrected chi connectivity index (χ0v) is 11.5. The molecule has 1 N–H and O–H groups in total. The Bertz CT molecular complexity index is 369. The molecule has 18 heavy (non-hydrogen) atoms. The van der Waals surface area contributed by atoms with E-state index in [0.29, 0.717) is 12.0 Å². The molecule has 1 aliphatic carbocycles. The summed E-state index contributed by atoms with van der Waals surface area (Å²) in [6.45, 7) is 5.63. The Morgan fingerprint density at radius 2 is 2.00 bits per heavy atom. The predicted molar refractivity (Wildman–Crippen MR) is 74.2 cm³/mol. The lowest BCUT2D eigenvalue weighted by atomic mass is 9.75. The molecule has 1 nitrogen and oxygen atoms in total. The standard InChI is InChI=1S/C16H24FN/c1-12(2)6-5-9-18-14-10-13(11-14)15-7-3-4-8-16(15)17/h3-4,7-8,12-14,18H,5-6,9-11H2,1-2H3. The molecular weight excluding hydrogens is 225 g/mol. The monoisotopic (exact) mass is 249 g/mol. The summed E-state index contributed by atoms with van der Waals surface area (Å²) in [4.78, 5) is 0. The summed E-state index contributed by atoms with van der Waals surface area (Å²) in [6, 6.07) is 7.79. The van der Waals surface area contributed by atoms with Crippen molar-refractivity contribution in [1.82, 2.24) is 5.32 Å². The zero-order valence-electron chi connectivity index (χ0n) is 11.5. The summed E-state index contributed by atoms with van der Waals surface area (Å²) in [5.41, 5.74) is 0.901. The van der Waals surface area contributed by atoms with Gasteiger partial charge in [-0.25, -0.2) is 4.39 Å². The van der Waals surface area contributed by atoms with Crippen LogP contribution >= 0.6 is 0 Å². The van der Waals surface area contributed by atoms with E-state index in [-0.39, 0.29) is 5.82 Å². The van der Waals surface area contributed by atoms with E-state index in [1.54, 1.807) is 12.1 Å². The van der Waals surface area contributed by atoms with Crippen LogP contribution in [0.2, 0.25) is 0 Å². The second kappa shape index (κ2) is 6.33. The number of halogens is 1. The highest BCUT2D eigenvalue weighted by Gasteiger charge is 2.31. The van der Waals surface area contributed by atoms with Gasteiger partial charge in [-0.05, 0) is 55.7 Å². The number of nitrogens with one attached hydrogen (secondary N) is 1. The van der Waals surface area contributed by atoms with Gasteiger partial charge in [0.25, 0.3) is 0 Å². The van der Waals surface area contributed by atoms with Gasteiger partial charge in [-0.2, -0.15) is 0 Å². The van der Waals surface area contributed by atoms with Gasteiger partial charge in [0.2, 0.25) is 0 Å². The number of hydrogen-bond donors (Lipinski definition) is 1. The van der Waals surface area contributed by atoms with Crippen molar-refractivity contribution in [3.8, 4) is 0 Å². The SMILES string of the molecule is CC(C)CCCNC1CC(c2ccccc2F)C1. The minimum Gasteiger partial charge on any atom is -0.314 e. The Morgan fingerprint density at radius 3 is 2.67 bits per heavy atom. The number of benzene rings is 1. The molecule has 0 spiro atoms. The van der Waals surface area contributed by atoms with Gasteiger partial charge >= 0.3 is 0 Å². The molecule has 0 atom stereocenters. The van der Waals surface area contributed by atoms with E-state index in [4.69, 9.17) is 0 Å². The normalized spacial score (nSPS) is 23.1. The van der Waals surface area contributed by atoms with Crippen LogP contribution in [0.4, 0.5) is 4.39 Å². The Hall–Kier alpha value is -0.890. The Labute approximate surface area is 110 Å². The smallest absolute Gasteiger partial charge is 0.126 e. The highest BCUT2D eigenvalue weighted by Crippen LogP contribution is 2.37. The fraction of sp³-hybridized carbons (Fsp3) is 0.625. The van der Waals surface area contributed by atoms with Gasteiger partial charge in [0.05, 0.1) is 0 Å². The van der Waals surface area contributed by atoms with Gasteiger partial charge < -0.3 is 5.32 Å². The molecule has 2 rings (SSSR count). The first kappa shape index (κ1) is 13.5. The molecule has 1 aromatic rings. The molecule has 0 radical (unpaired) electrons. The lowest BCUT2D eigenvalue weighted by molar-refractivity contribution is 0.283. The topological polar surface area (TPSA) is 12.0 Å². The second-order valence-corrected chi connectivity index (χ2v) is 5.88. The van der Waals surface area contributed by atoms with E-state index in [2.05, 4.69) is 19.2 Å². The third-order valence-corrected chi connectivity index (χ3v) is 3.87. The van der Waals surface area contributed by atoms with E-state index in [9.17, 15) is 4.39 Å². The molecule has 0 aromatic heterocycles. The molecule has 100 valence electrons. The highest BCUT2D eigenvalue weighted by molar-refractivity contribution is 5.24. The Morgan fingerprint density at radius 1 is 1.28 bits per heavy atom. The average molecular weight is 249 g/mol. The molecule has 1 fully saturated rings. The highest BCUT2D eigenvalue weighted by atomic mass is 19.1. The second-order valence-electron chi connectivity index (χ2n) is 5.88. The van der Waals surface area contributed by atoms with Crippen LogP contribution in [0.25, 0.3) is 0 Å². The maximum Gasteiger partial charge on any atom is 0.126 e. The van der Waals surface area contributed by atoms with Crippen molar-refractivity contribution in [2.45, 2.75) is 51.5 Å². The van der Waals surface area contributed by atoms with Crippen molar-refractivity contribution in [3.05, 3.63) is 35.6 Å². The van der Waals surface area contributed by atoms with Crippen molar-refractivity contribution < 1.29 is 4.39 Å². The molecule has 0 amide bonds. The van der Waals surface area contributed by atoms with Crippen molar-refractivity contribution in [2.24, 2.45) is 5.92 Å². The molecule has 0 unspecified atom stereocenters. The summed E-state index contributed by atoms with van der Waals surface area (Å²) in [5, 5.41) is 3.57. The zero-order chi connectivity index (χ0) is 13.0. The molecule has 1 aromatic carbocycles. The summed E-state index contributed by atoms with van der Waals surface area (Å²) in [5.74, 6) is 1.17.